The summed E-state index contributed by atoms with van der Waals surface area (Å²) in [6, 6.07) is 9.81. The van der Waals surface area contributed by atoms with Crippen LogP contribution in [0, 0.1) is 0 Å². The van der Waals surface area contributed by atoms with E-state index >= 15 is 0 Å². The number of carbonyl (C=O) groups is 1. The van der Waals surface area contributed by atoms with Crippen LogP contribution in [0.25, 0.3) is 0 Å². The smallest absolute Gasteiger partial charge is 0.416 e. The lowest BCUT2D eigenvalue weighted by atomic mass is 9.98. The predicted molar refractivity (Wildman–Crippen MR) is 109 cm³/mol. The Morgan fingerprint density at radius 2 is 1.90 bits per heavy atom. The van der Waals surface area contributed by atoms with Crippen molar-refractivity contribution in [2.24, 2.45) is 0 Å². The van der Waals surface area contributed by atoms with E-state index in [1.54, 1.807) is 17.0 Å². The lowest BCUT2D eigenvalue weighted by molar-refractivity contribution is -0.137. The number of nitrogens with zero attached hydrogens (tertiary/aromatic N) is 1. The van der Waals surface area contributed by atoms with Crippen molar-refractivity contribution in [2.75, 3.05) is 13.1 Å². The number of carbonyl (C=O) groups excluding carboxylic acids is 1. The molecule has 166 valence electrons. The van der Waals surface area contributed by atoms with Gasteiger partial charge in [0.15, 0.2) is 0 Å². The Morgan fingerprint density at radius 1 is 1.19 bits per heavy atom. The maximum Gasteiger partial charge on any atom is 0.416 e. The fraction of sp³-hybridized carbons (Fsp3) is 0.286. The number of ether oxygens (including phenoxy) is 1. The van der Waals surface area contributed by atoms with Gasteiger partial charge in [-0.3, -0.25) is 4.79 Å². The van der Waals surface area contributed by atoms with Crippen molar-refractivity contribution < 1.29 is 31.1 Å². The molecule has 0 bridgehead atoms. The van der Waals surface area contributed by atoms with Crippen LogP contribution in [0.2, 0.25) is 0 Å². The van der Waals surface area contributed by atoms with Crippen molar-refractivity contribution in [3.05, 3.63) is 71.1 Å². The fourth-order valence-electron chi connectivity index (χ4n) is 3.24. The molecule has 0 unspecified atom stereocenters. The molecule has 6 nitrogen and oxygen atoms in total. The number of hydrogen-bond acceptors (Lipinski definition) is 4. The molecule has 1 aliphatic heterocycles. The van der Waals surface area contributed by atoms with Gasteiger partial charge in [-0.2, -0.15) is 13.2 Å². The minimum absolute atomic E-state index is 0.0180. The highest BCUT2D eigenvalue weighted by Crippen LogP contribution is 2.34. The van der Waals surface area contributed by atoms with Crippen molar-refractivity contribution in [1.82, 2.24) is 9.62 Å². The largest absolute Gasteiger partial charge is 0.457 e. The molecule has 3 rings (SSSR count). The molecule has 0 aliphatic carbocycles. The third-order valence-corrected chi connectivity index (χ3v) is 5.89. The Morgan fingerprint density at radius 3 is 2.55 bits per heavy atom. The Hall–Kier alpha value is -2.85. The van der Waals surface area contributed by atoms with Gasteiger partial charge in [0.25, 0.3) is 0 Å². The summed E-state index contributed by atoms with van der Waals surface area (Å²) in [5.41, 5.74) is 1.01. The average molecular weight is 454 g/mol. The molecule has 10 heteroatoms. The quantitative estimate of drug-likeness (QED) is 0.690. The van der Waals surface area contributed by atoms with Crippen LogP contribution in [0.15, 0.2) is 54.5 Å². The van der Waals surface area contributed by atoms with Crippen LogP contribution in [0.3, 0.4) is 0 Å². The molecule has 0 saturated heterocycles. The highest BCUT2D eigenvalue weighted by molar-refractivity contribution is 7.92. The maximum absolute atomic E-state index is 12.7. The molecule has 0 fully saturated rings. The number of hydrogen-bond donors (Lipinski definition) is 1. The van der Waals surface area contributed by atoms with E-state index in [9.17, 15) is 26.4 Å². The van der Waals surface area contributed by atoms with Crippen LogP contribution >= 0.6 is 0 Å². The second-order valence-corrected chi connectivity index (χ2v) is 8.65. The van der Waals surface area contributed by atoms with Crippen LogP contribution < -0.4 is 9.46 Å². The van der Waals surface area contributed by atoms with Crippen LogP contribution in [0.4, 0.5) is 13.2 Å². The third kappa shape index (κ3) is 5.86. The molecule has 2 aromatic carbocycles. The van der Waals surface area contributed by atoms with E-state index in [1.165, 1.54) is 12.1 Å². The van der Waals surface area contributed by atoms with E-state index in [-0.39, 0.29) is 24.6 Å². The zero-order valence-electron chi connectivity index (χ0n) is 16.5. The first-order valence-electron chi connectivity index (χ1n) is 9.45. The summed E-state index contributed by atoms with van der Waals surface area (Å²) >= 11 is 0. The number of halogens is 3. The molecule has 0 atom stereocenters. The minimum atomic E-state index is -4.41. The highest BCUT2D eigenvalue weighted by atomic mass is 32.2. The van der Waals surface area contributed by atoms with Gasteiger partial charge in [-0.05, 0) is 42.3 Å². The van der Waals surface area contributed by atoms with Crippen molar-refractivity contribution in [3.8, 4) is 11.5 Å². The molecule has 1 aliphatic rings. The molecule has 1 heterocycles. The molecule has 0 aromatic heterocycles. The van der Waals surface area contributed by atoms with E-state index in [0.717, 1.165) is 28.7 Å². The summed E-state index contributed by atoms with van der Waals surface area (Å²) in [6.45, 7) is 3.93. The van der Waals surface area contributed by atoms with Gasteiger partial charge < -0.3 is 9.64 Å². The summed E-state index contributed by atoms with van der Waals surface area (Å²) in [6.07, 6.45) is -3.88. The Bertz CT molecular complexity index is 1070. The summed E-state index contributed by atoms with van der Waals surface area (Å²) in [5, 5.41) is 0.785. The molecule has 0 spiro atoms. The van der Waals surface area contributed by atoms with E-state index in [2.05, 4.69) is 11.3 Å². The van der Waals surface area contributed by atoms with Gasteiger partial charge in [-0.15, -0.1) is 0 Å². The Labute approximate surface area is 178 Å². The van der Waals surface area contributed by atoms with Gasteiger partial charge in [-0.1, -0.05) is 18.7 Å². The zero-order valence-corrected chi connectivity index (χ0v) is 17.3. The molecular weight excluding hydrogens is 433 g/mol. The predicted octanol–water partition coefficient (Wildman–Crippen LogP) is 3.84. The van der Waals surface area contributed by atoms with Crippen LogP contribution in [0.5, 0.6) is 11.5 Å². The maximum atomic E-state index is 12.7. The highest BCUT2D eigenvalue weighted by Gasteiger charge is 2.30. The summed E-state index contributed by atoms with van der Waals surface area (Å²) in [4.78, 5) is 14.0. The molecule has 0 saturated carbocycles. The molecule has 0 radical (unpaired) electrons. The zero-order chi connectivity index (χ0) is 22.6. The lowest BCUT2D eigenvalue weighted by Crippen LogP contribution is -2.37. The minimum Gasteiger partial charge on any atom is -0.457 e. The Balaban J connectivity index is 1.65. The monoisotopic (exact) mass is 454 g/mol. The van der Waals surface area contributed by atoms with Crippen LogP contribution in [-0.2, 0) is 34.0 Å². The first-order chi connectivity index (χ1) is 14.6. The first-order valence-corrected chi connectivity index (χ1v) is 11.0. The van der Waals surface area contributed by atoms with Crippen LogP contribution in [-0.4, -0.2) is 32.3 Å². The number of benzene rings is 2. The fourth-order valence-corrected chi connectivity index (χ4v) is 3.74. The topological polar surface area (TPSA) is 75.7 Å². The third-order valence-electron chi connectivity index (χ3n) is 4.85. The molecule has 1 N–H and O–H groups in total. The van der Waals surface area contributed by atoms with Crippen molar-refractivity contribution in [1.29, 1.82) is 0 Å². The number of sulfonamides is 1. The Kier molecular flexibility index (Phi) is 6.71. The summed E-state index contributed by atoms with van der Waals surface area (Å²) < 4.78 is 68.9. The van der Waals surface area contributed by atoms with E-state index in [4.69, 9.17) is 4.74 Å². The standard InChI is InChI=1S/C21H21F3N2O4S/c1-2-31(28,29)25-12-10-20(27)26-13-11-18-15(14-26)4-3-5-19(18)30-17-8-6-16(7-9-17)21(22,23)24/h2-9,25H,1,10-14H2. The number of fused-ring (bicyclic) bond motifs is 1. The summed E-state index contributed by atoms with van der Waals surface area (Å²) in [5.74, 6) is 0.629. The normalized spacial score (nSPS) is 14.1. The van der Waals surface area contributed by atoms with Gasteiger partial charge in [0.2, 0.25) is 15.9 Å². The van der Waals surface area contributed by atoms with Crippen molar-refractivity contribution >= 4 is 15.9 Å². The number of amides is 1. The van der Waals surface area contributed by atoms with E-state index in [1.807, 2.05) is 6.07 Å². The van der Waals surface area contributed by atoms with Gasteiger partial charge in [0.05, 0.1) is 5.56 Å². The summed E-state index contributed by atoms with van der Waals surface area (Å²) in [7, 11) is -3.58. The van der Waals surface area contributed by atoms with Gasteiger partial charge in [0, 0.05) is 37.0 Å². The number of nitrogens with one attached hydrogen (secondary N) is 1. The molecule has 31 heavy (non-hydrogen) atoms. The average Bonchev–Trinajstić information content (AvgIpc) is 2.73. The lowest BCUT2D eigenvalue weighted by Gasteiger charge is -2.30. The molecule has 2 aromatic rings. The van der Waals surface area contributed by atoms with Crippen LogP contribution in [0.1, 0.15) is 23.1 Å². The van der Waals surface area contributed by atoms with Crippen molar-refractivity contribution in [2.45, 2.75) is 25.6 Å². The van der Waals surface area contributed by atoms with Gasteiger partial charge in [0.1, 0.15) is 11.5 Å². The molecule has 1 amide bonds. The number of alkyl halides is 3. The van der Waals surface area contributed by atoms with Gasteiger partial charge in [-0.25, -0.2) is 13.1 Å². The first kappa shape index (κ1) is 22.8. The second-order valence-electron chi connectivity index (χ2n) is 6.94. The van der Waals surface area contributed by atoms with Gasteiger partial charge >= 0.3 is 6.18 Å². The number of rotatable bonds is 7. The second kappa shape index (κ2) is 9.11. The molecular formula is C21H21F3N2O4S. The van der Waals surface area contributed by atoms with E-state index < -0.39 is 21.8 Å². The van der Waals surface area contributed by atoms with E-state index in [0.29, 0.717) is 25.3 Å². The van der Waals surface area contributed by atoms with Crippen molar-refractivity contribution in [3.63, 3.8) is 0 Å². The SMILES string of the molecule is C=CS(=O)(=O)NCCC(=O)N1CCc2c(cccc2Oc2ccc(C(F)(F)F)cc2)C1.